The third kappa shape index (κ3) is 3.69. The summed E-state index contributed by atoms with van der Waals surface area (Å²) in [6.07, 6.45) is 3.51. The number of hydrogen-bond acceptors (Lipinski definition) is 7. The molecule has 2 heterocycles. The van der Waals surface area contributed by atoms with E-state index >= 15 is 0 Å². The molecule has 4 rings (SSSR count). The lowest BCUT2D eigenvalue weighted by Crippen LogP contribution is -2.06. The van der Waals surface area contributed by atoms with Gasteiger partial charge in [0.05, 0.1) is 27.5 Å². The number of ether oxygens (including phenoxy) is 3. The molecule has 0 atom stereocenters. The highest BCUT2D eigenvalue weighted by Crippen LogP contribution is 2.38. The first-order valence-electron chi connectivity index (χ1n) is 9.26. The van der Waals surface area contributed by atoms with Gasteiger partial charge in [-0.3, -0.25) is 9.78 Å². The van der Waals surface area contributed by atoms with Gasteiger partial charge >= 0.3 is 0 Å². The second-order valence-electron chi connectivity index (χ2n) is 6.58. The Hall–Kier alpha value is -3.87. The van der Waals surface area contributed by atoms with E-state index in [-0.39, 0.29) is 12.2 Å². The van der Waals surface area contributed by atoms with Crippen molar-refractivity contribution in [2.45, 2.75) is 6.42 Å². The number of pyridine rings is 1. The summed E-state index contributed by atoms with van der Waals surface area (Å²) in [7, 11) is 4.56. The van der Waals surface area contributed by atoms with Gasteiger partial charge in [0.1, 0.15) is 5.52 Å². The molecule has 2 aromatic heterocycles. The Morgan fingerprint density at radius 2 is 1.77 bits per heavy atom. The van der Waals surface area contributed by atoms with Crippen molar-refractivity contribution in [3.63, 3.8) is 0 Å². The van der Waals surface area contributed by atoms with Crippen LogP contribution in [0, 0.1) is 0 Å². The number of hydrogen-bond donors (Lipinski definition) is 0. The zero-order valence-electron chi connectivity index (χ0n) is 16.8. The SMILES string of the molecule is COc1cc(C(=O)Cc2cccc(-c3nc4cnccc4o3)c2)cc(OC)c1OC. The van der Waals surface area contributed by atoms with Crippen molar-refractivity contribution in [2.24, 2.45) is 0 Å². The lowest BCUT2D eigenvalue weighted by atomic mass is 10.0. The van der Waals surface area contributed by atoms with Gasteiger partial charge in [0, 0.05) is 29.8 Å². The maximum absolute atomic E-state index is 12.9. The monoisotopic (exact) mass is 404 g/mol. The minimum Gasteiger partial charge on any atom is -0.493 e. The molecule has 7 nitrogen and oxygen atoms in total. The highest BCUT2D eigenvalue weighted by molar-refractivity contribution is 5.98. The van der Waals surface area contributed by atoms with Gasteiger partial charge in [0.25, 0.3) is 0 Å². The van der Waals surface area contributed by atoms with Crippen molar-refractivity contribution in [2.75, 3.05) is 21.3 Å². The molecule has 30 heavy (non-hydrogen) atoms. The number of methoxy groups -OCH3 is 3. The van der Waals surface area contributed by atoms with Crippen molar-refractivity contribution in [1.82, 2.24) is 9.97 Å². The molecule has 152 valence electrons. The number of aromatic nitrogens is 2. The summed E-state index contributed by atoms with van der Waals surface area (Å²) in [5.41, 5.74) is 3.46. The number of Topliss-reactive ketones (excluding diaryl/α,β-unsaturated/α-hetero) is 1. The van der Waals surface area contributed by atoms with Crippen molar-refractivity contribution in [3.05, 3.63) is 66.0 Å². The summed E-state index contributed by atoms with van der Waals surface area (Å²) in [6, 6.07) is 12.6. The molecule has 0 aliphatic rings. The van der Waals surface area contributed by atoms with Crippen molar-refractivity contribution in [1.29, 1.82) is 0 Å². The van der Waals surface area contributed by atoms with Gasteiger partial charge < -0.3 is 18.6 Å². The molecular formula is C23H20N2O5. The maximum atomic E-state index is 12.9. The van der Waals surface area contributed by atoms with E-state index in [9.17, 15) is 4.79 Å². The van der Waals surface area contributed by atoms with Crippen LogP contribution in [0.25, 0.3) is 22.6 Å². The minimum absolute atomic E-state index is 0.0758. The van der Waals surface area contributed by atoms with Crippen molar-refractivity contribution >= 4 is 16.9 Å². The number of nitrogens with zero attached hydrogens (tertiary/aromatic N) is 2. The minimum atomic E-state index is -0.0758. The predicted molar refractivity (Wildman–Crippen MR) is 111 cm³/mol. The van der Waals surface area contributed by atoms with Crippen LogP contribution in [0.4, 0.5) is 0 Å². The van der Waals surface area contributed by atoms with Gasteiger partial charge in [0.15, 0.2) is 22.9 Å². The molecule has 0 aliphatic carbocycles. The van der Waals surface area contributed by atoms with Crippen LogP contribution in [0.15, 0.2) is 59.3 Å². The van der Waals surface area contributed by atoms with Crippen LogP contribution in [-0.4, -0.2) is 37.1 Å². The third-order valence-corrected chi connectivity index (χ3v) is 4.72. The van der Waals surface area contributed by atoms with Crippen LogP contribution in [-0.2, 0) is 6.42 Å². The molecule has 0 radical (unpaired) electrons. The van der Waals surface area contributed by atoms with Crippen LogP contribution < -0.4 is 14.2 Å². The Labute approximate surface area is 173 Å². The molecule has 0 bridgehead atoms. The van der Waals surface area contributed by atoms with E-state index in [0.29, 0.717) is 39.8 Å². The van der Waals surface area contributed by atoms with E-state index in [1.807, 2.05) is 24.3 Å². The Bertz CT molecular complexity index is 1160. The average Bonchev–Trinajstić information content (AvgIpc) is 3.22. The quantitative estimate of drug-likeness (QED) is 0.424. The number of rotatable bonds is 7. The van der Waals surface area contributed by atoms with E-state index in [4.69, 9.17) is 18.6 Å². The lowest BCUT2D eigenvalue weighted by molar-refractivity contribution is 0.0992. The zero-order valence-corrected chi connectivity index (χ0v) is 16.8. The number of carbonyl (C=O) groups excluding carboxylic acids is 1. The number of fused-ring (bicyclic) bond motifs is 1. The molecule has 0 spiro atoms. The molecule has 0 fully saturated rings. The standard InChI is InChI=1S/C23H20N2O5/c1-27-20-11-16(12-21(28-2)22(20)29-3)18(26)10-14-5-4-6-15(9-14)23-25-17-13-24-8-7-19(17)30-23/h4-9,11-13H,10H2,1-3H3. The normalized spacial score (nSPS) is 10.8. The van der Waals surface area contributed by atoms with Gasteiger partial charge in [-0.2, -0.15) is 0 Å². The van der Waals surface area contributed by atoms with Crippen molar-refractivity contribution < 1.29 is 23.4 Å². The van der Waals surface area contributed by atoms with Crippen LogP contribution in [0.2, 0.25) is 0 Å². The van der Waals surface area contributed by atoms with E-state index in [1.165, 1.54) is 21.3 Å². The Morgan fingerprint density at radius 1 is 1.00 bits per heavy atom. The van der Waals surface area contributed by atoms with Crippen LogP contribution in [0.1, 0.15) is 15.9 Å². The van der Waals surface area contributed by atoms with Gasteiger partial charge in [-0.05, 0) is 29.8 Å². The summed E-state index contributed by atoms with van der Waals surface area (Å²) in [4.78, 5) is 21.5. The smallest absolute Gasteiger partial charge is 0.227 e. The molecule has 0 saturated carbocycles. The Kier molecular flexibility index (Phi) is 5.34. The molecule has 0 saturated heterocycles. The first-order chi connectivity index (χ1) is 14.6. The topological polar surface area (TPSA) is 83.7 Å². The summed E-state index contributed by atoms with van der Waals surface area (Å²) in [5.74, 6) is 1.74. The van der Waals surface area contributed by atoms with Gasteiger partial charge in [0.2, 0.25) is 11.6 Å². The van der Waals surface area contributed by atoms with Gasteiger partial charge in [-0.1, -0.05) is 12.1 Å². The second kappa shape index (κ2) is 8.24. The average molecular weight is 404 g/mol. The fourth-order valence-corrected chi connectivity index (χ4v) is 3.25. The first kappa shape index (κ1) is 19.4. The molecule has 0 unspecified atom stereocenters. The number of oxazole rings is 1. The van der Waals surface area contributed by atoms with E-state index < -0.39 is 0 Å². The van der Waals surface area contributed by atoms with E-state index in [1.54, 1.807) is 30.6 Å². The van der Waals surface area contributed by atoms with Gasteiger partial charge in [-0.25, -0.2) is 4.98 Å². The molecule has 0 amide bonds. The number of carbonyl (C=O) groups is 1. The number of ketones is 1. The molecule has 4 aromatic rings. The molecule has 0 aliphatic heterocycles. The van der Waals surface area contributed by atoms with Gasteiger partial charge in [-0.15, -0.1) is 0 Å². The second-order valence-corrected chi connectivity index (χ2v) is 6.58. The van der Waals surface area contributed by atoms with Crippen LogP contribution >= 0.6 is 0 Å². The zero-order chi connectivity index (χ0) is 21.1. The highest BCUT2D eigenvalue weighted by Gasteiger charge is 2.18. The summed E-state index contributed by atoms with van der Waals surface area (Å²) >= 11 is 0. The fraction of sp³-hybridized carbons (Fsp3) is 0.174. The van der Waals surface area contributed by atoms with E-state index in [2.05, 4.69) is 9.97 Å². The maximum Gasteiger partial charge on any atom is 0.227 e. The van der Waals surface area contributed by atoms with Crippen molar-refractivity contribution in [3.8, 4) is 28.7 Å². The van der Waals surface area contributed by atoms with Crippen LogP contribution in [0.5, 0.6) is 17.2 Å². The number of benzene rings is 2. The van der Waals surface area contributed by atoms with Crippen LogP contribution in [0.3, 0.4) is 0 Å². The summed E-state index contributed by atoms with van der Waals surface area (Å²) in [6.45, 7) is 0. The summed E-state index contributed by atoms with van der Waals surface area (Å²) < 4.78 is 21.8. The fourth-order valence-electron chi connectivity index (χ4n) is 3.25. The molecule has 0 N–H and O–H groups in total. The lowest BCUT2D eigenvalue weighted by Gasteiger charge is -2.13. The Morgan fingerprint density at radius 3 is 2.43 bits per heavy atom. The first-order valence-corrected chi connectivity index (χ1v) is 9.26. The molecule has 7 heteroatoms. The predicted octanol–water partition coefficient (Wildman–Crippen LogP) is 4.34. The van der Waals surface area contributed by atoms with E-state index in [0.717, 1.165) is 11.1 Å². The summed E-state index contributed by atoms with van der Waals surface area (Å²) in [5, 5.41) is 0. The Balaban J connectivity index is 1.62. The third-order valence-electron chi connectivity index (χ3n) is 4.72. The largest absolute Gasteiger partial charge is 0.493 e. The highest BCUT2D eigenvalue weighted by atomic mass is 16.5. The molecule has 2 aromatic carbocycles. The molecular weight excluding hydrogens is 384 g/mol.